The molecule has 2 aromatic carbocycles. The number of halogens is 1. The number of amides is 2. The highest BCUT2D eigenvalue weighted by molar-refractivity contribution is 6.30. The van der Waals surface area contributed by atoms with Crippen LogP contribution in [-0.4, -0.2) is 47.8 Å². The molecular weight excluding hydrogens is 374 g/mol. The molecule has 0 aromatic heterocycles. The molecule has 2 aliphatic rings. The number of carbonyl (C=O) groups excluding carboxylic acids is 2. The van der Waals surface area contributed by atoms with Gasteiger partial charge in [-0.2, -0.15) is 0 Å². The third-order valence-electron chi connectivity index (χ3n) is 5.89. The quantitative estimate of drug-likeness (QED) is 0.841. The van der Waals surface area contributed by atoms with Gasteiger partial charge in [0.15, 0.2) is 0 Å². The van der Waals surface area contributed by atoms with Crippen molar-refractivity contribution in [3.63, 3.8) is 0 Å². The summed E-state index contributed by atoms with van der Waals surface area (Å²) in [4.78, 5) is 28.8. The second-order valence-electron chi connectivity index (χ2n) is 7.93. The Morgan fingerprint density at radius 3 is 2.39 bits per heavy atom. The largest absolute Gasteiger partial charge is 0.369 e. The van der Waals surface area contributed by atoms with Crippen LogP contribution in [0.25, 0.3) is 0 Å². The molecule has 0 atom stereocenters. The molecule has 1 fully saturated rings. The van der Waals surface area contributed by atoms with Crippen LogP contribution in [0.15, 0.2) is 48.5 Å². The van der Waals surface area contributed by atoms with E-state index < -0.39 is 5.41 Å². The summed E-state index contributed by atoms with van der Waals surface area (Å²) in [7, 11) is 0. The predicted octanol–water partition coefficient (Wildman–Crippen LogP) is 2.25. The summed E-state index contributed by atoms with van der Waals surface area (Å²) in [5, 5.41) is 0.658. The summed E-state index contributed by atoms with van der Waals surface area (Å²) in [5.41, 5.74) is 8.67. The number of fused-ring (bicyclic) bond motifs is 1. The maximum atomic E-state index is 12.7. The minimum absolute atomic E-state index is 0.0624. The molecular formula is C22H24ClN3O2. The Hall–Kier alpha value is -2.37. The molecule has 0 radical (unpaired) electrons. The van der Waals surface area contributed by atoms with Crippen LogP contribution in [0.1, 0.15) is 16.7 Å². The fraction of sp³-hybridized carbons (Fsp3) is 0.364. The Labute approximate surface area is 170 Å². The molecule has 0 unspecified atom stereocenters. The number of nitrogens with two attached hydrogens (primary N) is 1. The summed E-state index contributed by atoms with van der Waals surface area (Å²) in [6, 6.07) is 15.8. The highest BCUT2D eigenvalue weighted by Gasteiger charge is 2.49. The van der Waals surface area contributed by atoms with E-state index in [2.05, 4.69) is 23.1 Å². The molecule has 2 heterocycles. The topological polar surface area (TPSA) is 66.6 Å². The summed E-state index contributed by atoms with van der Waals surface area (Å²) < 4.78 is 0. The van der Waals surface area contributed by atoms with Crippen LogP contribution >= 0.6 is 11.6 Å². The number of hydrogen-bond acceptors (Lipinski definition) is 3. The van der Waals surface area contributed by atoms with E-state index in [1.165, 1.54) is 11.1 Å². The van der Waals surface area contributed by atoms with E-state index in [1.54, 1.807) is 17.0 Å². The maximum absolute atomic E-state index is 12.7. The third-order valence-corrected chi connectivity index (χ3v) is 6.14. The van der Waals surface area contributed by atoms with Gasteiger partial charge >= 0.3 is 0 Å². The Kier molecular flexibility index (Phi) is 5.13. The molecule has 28 heavy (non-hydrogen) atoms. The minimum atomic E-state index is -0.683. The molecule has 2 aromatic rings. The van der Waals surface area contributed by atoms with Gasteiger partial charge in [0.25, 0.3) is 0 Å². The van der Waals surface area contributed by atoms with Crippen LogP contribution in [0, 0.1) is 5.41 Å². The van der Waals surface area contributed by atoms with Crippen molar-refractivity contribution in [2.24, 2.45) is 11.1 Å². The van der Waals surface area contributed by atoms with Gasteiger partial charge in [0.1, 0.15) is 0 Å². The Bertz CT molecular complexity index is 891. The number of primary amides is 1. The number of carbonyl (C=O) groups is 2. The van der Waals surface area contributed by atoms with E-state index in [1.807, 2.05) is 18.2 Å². The Balaban J connectivity index is 1.35. The van der Waals surface area contributed by atoms with Gasteiger partial charge in [-0.15, -0.1) is 0 Å². The second-order valence-corrected chi connectivity index (χ2v) is 8.36. The fourth-order valence-electron chi connectivity index (χ4n) is 4.19. The lowest BCUT2D eigenvalue weighted by molar-refractivity contribution is -0.152. The molecule has 0 aliphatic carbocycles. The molecule has 0 saturated carbocycles. The predicted molar refractivity (Wildman–Crippen MR) is 109 cm³/mol. The van der Waals surface area contributed by atoms with Crippen molar-refractivity contribution in [3.05, 3.63) is 70.2 Å². The molecule has 146 valence electrons. The highest BCUT2D eigenvalue weighted by Crippen LogP contribution is 2.34. The molecule has 0 bridgehead atoms. The lowest BCUT2D eigenvalue weighted by atomic mass is 9.74. The average Bonchev–Trinajstić information content (AvgIpc) is 2.65. The second kappa shape index (κ2) is 7.57. The summed E-state index contributed by atoms with van der Waals surface area (Å²) in [6.45, 7) is 2.82. The standard InChI is InChI=1S/C22H24ClN3O2/c23-19-7-5-16(6-8-19)11-22(21(24)28)14-26(15-22)20(27)13-25-10-9-17-3-1-2-4-18(17)12-25/h1-8H,9-15H2,(H2,24,28). The van der Waals surface area contributed by atoms with E-state index in [9.17, 15) is 9.59 Å². The zero-order valence-electron chi connectivity index (χ0n) is 15.7. The molecule has 6 heteroatoms. The first-order valence-electron chi connectivity index (χ1n) is 9.56. The van der Waals surface area contributed by atoms with Gasteiger partial charge in [0.05, 0.1) is 12.0 Å². The lowest BCUT2D eigenvalue weighted by Gasteiger charge is -2.48. The zero-order valence-corrected chi connectivity index (χ0v) is 16.5. The summed E-state index contributed by atoms with van der Waals surface area (Å²) >= 11 is 5.93. The lowest BCUT2D eigenvalue weighted by Crippen LogP contribution is -2.66. The molecule has 2 aliphatic heterocycles. The van der Waals surface area contributed by atoms with Crippen LogP contribution in [-0.2, 0) is 29.0 Å². The zero-order chi connectivity index (χ0) is 19.7. The van der Waals surface area contributed by atoms with Gasteiger partial charge in [-0.25, -0.2) is 0 Å². The molecule has 2 amide bonds. The van der Waals surface area contributed by atoms with E-state index in [4.69, 9.17) is 17.3 Å². The summed E-state index contributed by atoms with van der Waals surface area (Å²) in [5.74, 6) is -0.286. The van der Waals surface area contributed by atoms with Crippen LogP contribution in [0.4, 0.5) is 0 Å². The number of benzene rings is 2. The van der Waals surface area contributed by atoms with E-state index >= 15 is 0 Å². The molecule has 0 spiro atoms. The maximum Gasteiger partial charge on any atom is 0.236 e. The first-order chi connectivity index (χ1) is 13.4. The van der Waals surface area contributed by atoms with Crippen LogP contribution < -0.4 is 5.73 Å². The van der Waals surface area contributed by atoms with Crippen molar-refractivity contribution in [1.82, 2.24) is 9.80 Å². The molecule has 2 N–H and O–H groups in total. The van der Waals surface area contributed by atoms with Gasteiger partial charge < -0.3 is 10.6 Å². The third kappa shape index (κ3) is 3.77. The van der Waals surface area contributed by atoms with Crippen molar-refractivity contribution in [2.45, 2.75) is 19.4 Å². The van der Waals surface area contributed by atoms with Crippen molar-refractivity contribution < 1.29 is 9.59 Å². The van der Waals surface area contributed by atoms with Gasteiger partial charge in [0, 0.05) is 31.2 Å². The Morgan fingerprint density at radius 1 is 1.04 bits per heavy atom. The smallest absolute Gasteiger partial charge is 0.236 e. The van der Waals surface area contributed by atoms with Gasteiger partial charge in [0.2, 0.25) is 11.8 Å². The van der Waals surface area contributed by atoms with E-state index in [0.717, 1.165) is 25.1 Å². The highest BCUT2D eigenvalue weighted by atomic mass is 35.5. The average molecular weight is 398 g/mol. The minimum Gasteiger partial charge on any atom is -0.369 e. The first-order valence-corrected chi connectivity index (χ1v) is 9.94. The molecule has 4 rings (SSSR count). The van der Waals surface area contributed by atoms with Gasteiger partial charge in [-0.1, -0.05) is 48.0 Å². The number of hydrogen-bond donors (Lipinski definition) is 1. The van der Waals surface area contributed by atoms with Crippen molar-refractivity contribution in [2.75, 3.05) is 26.2 Å². The molecule has 5 nitrogen and oxygen atoms in total. The normalized spacial score (nSPS) is 18.2. The SMILES string of the molecule is NC(=O)C1(Cc2ccc(Cl)cc2)CN(C(=O)CN2CCc3ccccc3C2)C1. The fourth-order valence-corrected chi connectivity index (χ4v) is 4.31. The van der Waals surface area contributed by atoms with Crippen LogP contribution in [0.2, 0.25) is 5.02 Å². The van der Waals surface area contributed by atoms with Crippen molar-refractivity contribution >= 4 is 23.4 Å². The Morgan fingerprint density at radius 2 is 1.71 bits per heavy atom. The molecule has 1 saturated heterocycles. The van der Waals surface area contributed by atoms with Crippen molar-refractivity contribution in [1.29, 1.82) is 0 Å². The number of nitrogens with zero attached hydrogens (tertiary/aromatic N) is 2. The van der Waals surface area contributed by atoms with E-state index in [-0.39, 0.29) is 11.8 Å². The number of rotatable bonds is 5. The monoisotopic (exact) mass is 397 g/mol. The first kappa shape index (κ1) is 19.0. The number of likely N-dealkylation sites (tertiary alicyclic amines) is 1. The van der Waals surface area contributed by atoms with Crippen molar-refractivity contribution in [3.8, 4) is 0 Å². The summed E-state index contributed by atoms with van der Waals surface area (Å²) in [6.07, 6.45) is 1.49. The van der Waals surface area contributed by atoms with Crippen LogP contribution in [0.3, 0.4) is 0 Å². The van der Waals surface area contributed by atoms with E-state index in [0.29, 0.717) is 31.1 Å². The van der Waals surface area contributed by atoms with Gasteiger partial charge in [-0.05, 0) is 41.7 Å². The van der Waals surface area contributed by atoms with Gasteiger partial charge in [-0.3, -0.25) is 14.5 Å². The van der Waals surface area contributed by atoms with Crippen LogP contribution in [0.5, 0.6) is 0 Å².